The van der Waals surface area contributed by atoms with Gasteiger partial charge in [-0.25, -0.2) is 0 Å². The predicted octanol–water partition coefficient (Wildman–Crippen LogP) is 3.37. The zero-order valence-corrected chi connectivity index (χ0v) is 6.90. The minimum absolute atomic E-state index is 1.19. The quantitative estimate of drug-likeness (QED) is 0.491. The van der Waals surface area contributed by atoms with E-state index in [1.54, 1.807) is 11.1 Å². The maximum Gasteiger partial charge on any atom is -0.0129 e. The Morgan fingerprint density at radius 3 is 2.82 bits per heavy atom. The molecule has 2 aliphatic rings. The van der Waals surface area contributed by atoms with Gasteiger partial charge in [0.05, 0.1) is 0 Å². The first-order chi connectivity index (χ1) is 5.38. The van der Waals surface area contributed by atoms with Gasteiger partial charge in [0.2, 0.25) is 0 Å². The van der Waals surface area contributed by atoms with E-state index in [0.717, 1.165) is 0 Å². The lowest BCUT2D eigenvalue weighted by Crippen LogP contribution is -2.03. The van der Waals surface area contributed by atoms with Crippen LogP contribution in [0.15, 0.2) is 35.5 Å². The molecule has 0 atom stereocenters. The molecular weight excluding hydrogens is 132 g/mol. The SMILES string of the molecule is C=C1C=CCC2=C1CCCC2. The van der Waals surface area contributed by atoms with Crippen molar-refractivity contribution in [2.75, 3.05) is 0 Å². The normalized spacial score (nSPS) is 23.8. The zero-order valence-electron chi connectivity index (χ0n) is 6.90. The lowest BCUT2D eigenvalue weighted by Gasteiger charge is -2.22. The Labute approximate surface area is 68.3 Å². The Morgan fingerprint density at radius 1 is 1.18 bits per heavy atom. The van der Waals surface area contributed by atoms with E-state index in [2.05, 4.69) is 18.7 Å². The number of rotatable bonds is 0. The van der Waals surface area contributed by atoms with E-state index in [1.807, 2.05) is 0 Å². The molecule has 0 nitrogen and oxygen atoms in total. The summed E-state index contributed by atoms with van der Waals surface area (Å²) in [6.45, 7) is 4.05. The van der Waals surface area contributed by atoms with Crippen molar-refractivity contribution in [3.63, 3.8) is 0 Å². The molecule has 11 heavy (non-hydrogen) atoms. The van der Waals surface area contributed by atoms with Crippen LogP contribution < -0.4 is 0 Å². The van der Waals surface area contributed by atoms with E-state index in [0.29, 0.717) is 0 Å². The smallest absolute Gasteiger partial charge is 0.0129 e. The van der Waals surface area contributed by atoms with Crippen molar-refractivity contribution in [3.05, 3.63) is 35.5 Å². The third-order valence-electron chi connectivity index (χ3n) is 2.65. The van der Waals surface area contributed by atoms with Gasteiger partial charge in [-0.1, -0.05) is 24.3 Å². The highest BCUT2D eigenvalue weighted by Crippen LogP contribution is 2.34. The van der Waals surface area contributed by atoms with Crippen molar-refractivity contribution >= 4 is 0 Å². The third-order valence-corrected chi connectivity index (χ3v) is 2.65. The van der Waals surface area contributed by atoms with Crippen LogP contribution in [0.5, 0.6) is 0 Å². The van der Waals surface area contributed by atoms with Gasteiger partial charge in [-0.15, -0.1) is 0 Å². The molecule has 58 valence electrons. The topological polar surface area (TPSA) is 0 Å². The maximum absolute atomic E-state index is 4.05. The first kappa shape index (κ1) is 6.90. The van der Waals surface area contributed by atoms with Crippen molar-refractivity contribution in [2.24, 2.45) is 0 Å². The molecule has 0 N–H and O–H groups in total. The molecule has 2 aliphatic carbocycles. The van der Waals surface area contributed by atoms with Crippen LogP contribution in [0, 0.1) is 0 Å². The highest BCUT2D eigenvalue weighted by Gasteiger charge is 2.15. The summed E-state index contributed by atoms with van der Waals surface area (Å²) in [5.41, 5.74) is 4.49. The van der Waals surface area contributed by atoms with Crippen molar-refractivity contribution in [3.8, 4) is 0 Å². The van der Waals surface area contributed by atoms with Crippen LogP contribution in [0.25, 0.3) is 0 Å². The van der Waals surface area contributed by atoms with E-state index in [9.17, 15) is 0 Å². The van der Waals surface area contributed by atoms with Crippen LogP contribution in [-0.2, 0) is 0 Å². The summed E-state index contributed by atoms with van der Waals surface area (Å²) in [7, 11) is 0. The van der Waals surface area contributed by atoms with E-state index in [4.69, 9.17) is 0 Å². The molecule has 0 heterocycles. The Hall–Kier alpha value is -0.780. The average Bonchev–Trinajstić information content (AvgIpc) is 2.06. The largest absolute Gasteiger partial charge is 0.0915 e. The molecule has 0 unspecified atom stereocenters. The fourth-order valence-corrected chi connectivity index (χ4v) is 2.02. The first-order valence-electron chi connectivity index (χ1n) is 4.44. The predicted molar refractivity (Wildman–Crippen MR) is 48.4 cm³/mol. The van der Waals surface area contributed by atoms with Crippen LogP contribution in [0.2, 0.25) is 0 Å². The molecule has 0 aromatic heterocycles. The summed E-state index contributed by atoms with van der Waals surface area (Å²) in [6.07, 6.45) is 11.0. The summed E-state index contributed by atoms with van der Waals surface area (Å²) in [5.74, 6) is 0. The molecule has 0 spiro atoms. The summed E-state index contributed by atoms with van der Waals surface area (Å²) >= 11 is 0. The minimum Gasteiger partial charge on any atom is -0.0915 e. The summed E-state index contributed by atoms with van der Waals surface area (Å²) in [4.78, 5) is 0. The van der Waals surface area contributed by atoms with E-state index < -0.39 is 0 Å². The van der Waals surface area contributed by atoms with Gasteiger partial charge >= 0.3 is 0 Å². The van der Waals surface area contributed by atoms with Crippen LogP contribution in [0.1, 0.15) is 32.1 Å². The van der Waals surface area contributed by atoms with Gasteiger partial charge in [0, 0.05) is 0 Å². The number of hydrogen-bond donors (Lipinski definition) is 0. The van der Waals surface area contributed by atoms with Crippen LogP contribution >= 0.6 is 0 Å². The minimum atomic E-state index is 1.19. The highest BCUT2D eigenvalue weighted by atomic mass is 14.2. The second-order valence-electron chi connectivity index (χ2n) is 3.42. The van der Waals surface area contributed by atoms with Gasteiger partial charge in [0.1, 0.15) is 0 Å². The Kier molecular flexibility index (Phi) is 1.69. The van der Waals surface area contributed by atoms with Crippen LogP contribution in [0.4, 0.5) is 0 Å². The molecule has 2 rings (SSSR count). The summed E-state index contributed by atoms with van der Waals surface area (Å²) < 4.78 is 0. The molecule has 0 heteroatoms. The molecule has 0 aromatic rings. The molecule has 0 saturated carbocycles. The molecule has 0 aromatic carbocycles. The zero-order chi connectivity index (χ0) is 7.68. The summed E-state index contributed by atoms with van der Waals surface area (Å²) in [6, 6.07) is 0. The monoisotopic (exact) mass is 146 g/mol. The Morgan fingerprint density at radius 2 is 2.00 bits per heavy atom. The molecule has 0 radical (unpaired) electrons. The van der Waals surface area contributed by atoms with Crippen LogP contribution in [-0.4, -0.2) is 0 Å². The van der Waals surface area contributed by atoms with Crippen molar-refractivity contribution < 1.29 is 0 Å². The standard InChI is InChI=1S/C11H14/c1-9-5-4-7-10-6-2-3-8-11(9)10/h4-5H,1-3,6-8H2. The average molecular weight is 146 g/mol. The van der Waals surface area contributed by atoms with Crippen molar-refractivity contribution in [1.29, 1.82) is 0 Å². The molecule has 0 amide bonds. The highest BCUT2D eigenvalue weighted by molar-refractivity contribution is 5.45. The summed E-state index contributed by atoms with van der Waals surface area (Å²) in [5, 5.41) is 0. The first-order valence-corrected chi connectivity index (χ1v) is 4.44. The van der Waals surface area contributed by atoms with Gasteiger partial charge < -0.3 is 0 Å². The maximum atomic E-state index is 4.05. The van der Waals surface area contributed by atoms with Gasteiger partial charge in [-0.2, -0.15) is 0 Å². The molecule has 0 saturated heterocycles. The fourth-order valence-electron chi connectivity index (χ4n) is 2.02. The Bertz CT molecular complexity index is 241. The molecule has 0 fully saturated rings. The van der Waals surface area contributed by atoms with Crippen molar-refractivity contribution in [1.82, 2.24) is 0 Å². The van der Waals surface area contributed by atoms with Gasteiger partial charge in [0.25, 0.3) is 0 Å². The number of allylic oxidation sites excluding steroid dienone is 5. The second-order valence-corrected chi connectivity index (χ2v) is 3.42. The molecule has 0 aliphatic heterocycles. The van der Waals surface area contributed by atoms with Crippen molar-refractivity contribution in [2.45, 2.75) is 32.1 Å². The van der Waals surface area contributed by atoms with Gasteiger partial charge in [0.15, 0.2) is 0 Å². The van der Waals surface area contributed by atoms with E-state index >= 15 is 0 Å². The molecule has 0 bridgehead atoms. The number of hydrogen-bond acceptors (Lipinski definition) is 0. The Balaban J connectivity index is 2.30. The third kappa shape index (κ3) is 1.18. The second kappa shape index (κ2) is 2.69. The van der Waals surface area contributed by atoms with E-state index in [1.165, 1.54) is 37.7 Å². The van der Waals surface area contributed by atoms with Crippen LogP contribution in [0.3, 0.4) is 0 Å². The molecular formula is C11H14. The van der Waals surface area contributed by atoms with Gasteiger partial charge in [-0.05, 0) is 43.3 Å². The lowest BCUT2D eigenvalue weighted by atomic mass is 9.83. The van der Waals surface area contributed by atoms with E-state index in [-0.39, 0.29) is 0 Å². The lowest BCUT2D eigenvalue weighted by molar-refractivity contribution is 0.665. The van der Waals surface area contributed by atoms with Gasteiger partial charge in [-0.3, -0.25) is 0 Å². The fraction of sp³-hybridized carbons (Fsp3) is 0.455.